The molecular formula is C16H25NO2. The van der Waals surface area contributed by atoms with Crippen LogP contribution in [0.4, 0.5) is 0 Å². The zero-order chi connectivity index (χ0) is 14.4. The first-order chi connectivity index (χ1) is 8.95. The van der Waals surface area contributed by atoms with E-state index in [1.54, 1.807) is 7.11 Å². The van der Waals surface area contributed by atoms with Crippen molar-refractivity contribution in [3.8, 4) is 5.75 Å². The molecular weight excluding hydrogens is 238 g/mol. The fourth-order valence-corrected chi connectivity index (χ4v) is 1.85. The predicted octanol–water partition coefficient (Wildman–Crippen LogP) is 3.24. The molecule has 1 aromatic carbocycles. The molecule has 0 heterocycles. The van der Waals surface area contributed by atoms with E-state index in [1.807, 2.05) is 38.2 Å². The lowest BCUT2D eigenvalue weighted by molar-refractivity contribution is 0.0864. The summed E-state index contributed by atoms with van der Waals surface area (Å²) in [6.07, 6.45) is 1.11. The average molecular weight is 263 g/mol. The van der Waals surface area contributed by atoms with Gasteiger partial charge in [-0.1, -0.05) is 13.8 Å². The van der Waals surface area contributed by atoms with Gasteiger partial charge in [0, 0.05) is 5.56 Å². The van der Waals surface area contributed by atoms with E-state index in [-0.39, 0.29) is 11.8 Å². The second kappa shape index (κ2) is 7.29. The van der Waals surface area contributed by atoms with E-state index in [9.17, 15) is 4.79 Å². The fourth-order valence-electron chi connectivity index (χ4n) is 1.85. The molecule has 0 spiro atoms. The normalized spacial score (nSPS) is 12.8. The molecule has 3 heteroatoms. The molecule has 1 rings (SSSR count). The van der Waals surface area contributed by atoms with Gasteiger partial charge in [0.2, 0.25) is 0 Å². The Morgan fingerprint density at radius 1 is 1.21 bits per heavy atom. The summed E-state index contributed by atoms with van der Waals surface area (Å²) in [5.74, 6) is 1.59. The summed E-state index contributed by atoms with van der Waals surface area (Å²) >= 11 is 0. The van der Waals surface area contributed by atoms with E-state index in [0.717, 1.165) is 24.3 Å². The van der Waals surface area contributed by atoms with E-state index in [1.165, 1.54) is 0 Å². The molecule has 0 fully saturated rings. The van der Waals surface area contributed by atoms with Gasteiger partial charge in [0.05, 0.1) is 13.2 Å². The van der Waals surface area contributed by atoms with Crippen LogP contribution in [-0.4, -0.2) is 37.4 Å². The van der Waals surface area contributed by atoms with Crippen molar-refractivity contribution in [3.05, 3.63) is 29.8 Å². The van der Waals surface area contributed by atoms with Crippen LogP contribution in [0.2, 0.25) is 0 Å². The molecule has 0 radical (unpaired) electrons. The van der Waals surface area contributed by atoms with Gasteiger partial charge >= 0.3 is 0 Å². The maximum atomic E-state index is 12.3. The highest BCUT2D eigenvalue weighted by Gasteiger charge is 2.19. The first-order valence-electron chi connectivity index (χ1n) is 6.84. The quantitative estimate of drug-likeness (QED) is 0.707. The molecule has 0 saturated carbocycles. The molecule has 0 aliphatic rings. The van der Waals surface area contributed by atoms with Crippen molar-refractivity contribution in [2.75, 3.05) is 20.7 Å². The number of Topliss-reactive ketones (excluding diaryl/α,β-unsaturated/α-hetero) is 1. The van der Waals surface area contributed by atoms with Crippen LogP contribution in [0.5, 0.6) is 5.75 Å². The molecule has 1 atom stereocenters. The Balaban J connectivity index is 2.64. The summed E-state index contributed by atoms with van der Waals surface area (Å²) in [5.41, 5.74) is 0.740. The SMILES string of the molecule is COc1ccc(C(=O)C(C)N(C)CCC(C)C)cc1. The minimum absolute atomic E-state index is 0.0906. The zero-order valence-corrected chi connectivity index (χ0v) is 12.6. The third-order valence-corrected chi connectivity index (χ3v) is 3.47. The van der Waals surface area contributed by atoms with Gasteiger partial charge < -0.3 is 4.74 Å². The number of nitrogens with zero attached hydrogens (tertiary/aromatic N) is 1. The minimum atomic E-state index is -0.0906. The van der Waals surface area contributed by atoms with Crippen LogP contribution >= 0.6 is 0 Å². The summed E-state index contributed by atoms with van der Waals surface area (Å²) in [6, 6.07) is 7.22. The maximum Gasteiger partial charge on any atom is 0.179 e. The first kappa shape index (κ1) is 15.7. The van der Waals surface area contributed by atoms with E-state index < -0.39 is 0 Å². The van der Waals surface area contributed by atoms with Gasteiger partial charge in [-0.2, -0.15) is 0 Å². The Morgan fingerprint density at radius 3 is 2.26 bits per heavy atom. The van der Waals surface area contributed by atoms with Crippen molar-refractivity contribution in [3.63, 3.8) is 0 Å². The topological polar surface area (TPSA) is 29.5 Å². The third-order valence-electron chi connectivity index (χ3n) is 3.47. The van der Waals surface area contributed by atoms with Gasteiger partial charge in [0.1, 0.15) is 5.75 Å². The van der Waals surface area contributed by atoms with Crippen LogP contribution in [0.1, 0.15) is 37.6 Å². The molecule has 0 bridgehead atoms. The number of rotatable bonds is 7. The molecule has 19 heavy (non-hydrogen) atoms. The smallest absolute Gasteiger partial charge is 0.179 e. The molecule has 0 saturated heterocycles. The van der Waals surface area contributed by atoms with Gasteiger partial charge in [-0.15, -0.1) is 0 Å². The molecule has 3 nitrogen and oxygen atoms in total. The Bertz CT molecular complexity index is 398. The highest BCUT2D eigenvalue weighted by Crippen LogP contribution is 2.14. The Kier molecular flexibility index (Phi) is 6.03. The fraction of sp³-hybridized carbons (Fsp3) is 0.562. The van der Waals surface area contributed by atoms with Gasteiger partial charge in [-0.05, 0) is 57.1 Å². The molecule has 106 valence electrons. The van der Waals surface area contributed by atoms with E-state index in [2.05, 4.69) is 18.7 Å². The highest BCUT2D eigenvalue weighted by atomic mass is 16.5. The zero-order valence-electron chi connectivity index (χ0n) is 12.6. The summed E-state index contributed by atoms with van der Waals surface area (Å²) in [7, 11) is 3.63. The molecule has 1 aromatic rings. The summed E-state index contributed by atoms with van der Waals surface area (Å²) in [6.45, 7) is 7.31. The molecule has 0 aliphatic heterocycles. The van der Waals surface area contributed by atoms with Crippen LogP contribution in [0.25, 0.3) is 0 Å². The van der Waals surface area contributed by atoms with Crippen LogP contribution in [0.15, 0.2) is 24.3 Å². The molecule has 0 amide bonds. The van der Waals surface area contributed by atoms with Gasteiger partial charge in [-0.25, -0.2) is 0 Å². The third kappa shape index (κ3) is 4.67. The second-order valence-electron chi connectivity index (χ2n) is 5.43. The lowest BCUT2D eigenvalue weighted by Gasteiger charge is -2.24. The number of hydrogen-bond donors (Lipinski definition) is 0. The number of methoxy groups -OCH3 is 1. The predicted molar refractivity (Wildman–Crippen MR) is 78.9 cm³/mol. The minimum Gasteiger partial charge on any atom is -0.497 e. The lowest BCUT2D eigenvalue weighted by atomic mass is 10.0. The van der Waals surface area contributed by atoms with E-state index in [0.29, 0.717) is 5.92 Å². The second-order valence-corrected chi connectivity index (χ2v) is 5.43. The van der Waals surface area contributed by atoms with E-state index in [4.69, 9.17) is 4.74 Å². The Labute approximate surface area is 116 Å². The van der Waals surface area contributed by atoms with Gasteiger partial charge in [-0.3, -0.25) is 9.69 Å². The Morgan fingerprint density at radius 2 is 1.79 bits per heavy atom. The highest BCUT2D eigenvalue weighted by molar-refractivity contribution is 5.99. The van der Waals surface area contributed by atoms with Crippen molar-refractivity contribution >= 4 is 5.78 Å². The van der Waals surface area contributed by atoms with Crippen molar-refractivity contribution in [2.45, 2.75) is 33.2 Å². The van der Waals surface area contributed by atoms with Crippen molar-refractivity contribution in [2.24, 2.45) is 5.92 Å². The monoisotopic (exact) mass is 263 g/mol. The number of ether oxygens (including phenoxy) is 1. The van der Waals surface area contributed by atoms with Crippen molar-refractivity contribution in [1.29, 1.82) is 0 Å². The lowest BCUT2D eigenvalue weighted by Crippen LogP contribution is -2.37. The summed E-state index contributed by atoms with van der Waals surface area (Å²) < 4.78 is 5.10. The number of benzene rings is 1. The summed E-state index contributed by atoms with van der Waals surface area (Å²) in [4.78, 5) is 14.5. The maximum absolute atomic E-state index is 12.3. The van der Waals surface area contributed by atoms with Crippen molar-refractivity contribution < 1.29 is 9.53 Å². The molecule has 0 aliphatic carbocycles. The first-order valence-corrected chi connectivity index (χ1v) is 6.84. The van der Waals surface area contributed by atoms with Gasteiger partial charge in [0.25, 0.3) is 0 Å². The molecule has 0 N–H and O–H groups in total. The average Bonchev–Trinajstić information content (AvgIpc) is 2.43. The Hall–Kier alpha value is -1.35. The standard InChI is InChI=1S/C16H25NO2/c1-12(2)10-11-17(4)13(3)16(18)14-6-8-15(19-5)9-7-14/h6-9,12-13H,10-11H2,1-5H3. The number of hydrogen-bond acceptors (Lipinski definition) is 3. The largest absolute Gasteiger partial charge is 0.497 e. The number of carbonyl (C=O) groups is 1. The number of ketones is 1. The number of likely N-dealkylation sites (N-methyl/N-ethyl adjacent to an activating group) is 1. The molecule has 0 aromatic heterocycles. The van der Waals surface area contributed by atoms with E-state index >= 15 is 0 Å². The number of carbonyl (C=O) groups excluding carboxylic acids is 1. The van der Waals surface area contributed by atoms with Crippen LogP contribution in [0, 0.1) is 5.92 Å². The van der Waals surface area contributed by atoms with Crippen LogP contribution < -0.4 is 4.74 Å². The van der Waals surface area contributed by atoms with Crippen molar-refractivity contribution in [1.82, 2.24) is 4.90 Å². The molecule has 1 unspecified atom stereocenters. The van der Waals surface area contributed by atoms with Crippen LogP contribution in [-0.2, 0) is 0 Å². The van der Waals surface area contributed by atoms with Crippen LogP contribution in [0.3, 0.4) is 0 Å². The summed E-state index contributed by atoms with van der Waals surface area (Å²) in [5, 5.41) is 0. The van der Waals surface area contributed by atoms with Gasteiger partial charge in [0.15, 0.2) is 5.78 Å².